The minimum absolute atomic E-state index is 0. The van der Waals surface area contributed by atoms with Crippen LogP contribution in [0.4, 0.5) is 0 Å². The molecule has 6 heteroatoms. The first-order chi connectivity index (χ1) is 10.2. The third-order valence-electron chi connectivity index (χ3n) is 4.28. The minimum atomic E-state index is -0.156. The molecule has 1 aromatic rings. The van der Waals surface area contributed by atoms with Gasteiger partial charge in [-0.2, -0.15) is 0 Å². The number of carbonyl (C=O) groups is 1. The van der Waals surface area contributed by atoms with Crippen LogP contribution < -0.4 is 20.5 Å². The van der Waals surface area contributed by atoms with Crippen molar-refractivity contribution in [2.24, 2.45) is 17.6 Å². The summed E-state index contributed by atoms with van der Waals surface area (Å²) in [5, 5.41) is 2.96. The van der Waals surface area contributed by atoms with Crippen LogP contribution in [0.5, 0.6) is 11.5 Å². The van der Waals surface area contributed by atoms with Crippen molar-refractivity contribution in [3.8, 4) is 11.5 Å². The van der Waals surface area contributed by atoms with Crippen LogP contribution in [0.3, 0.4) is 0 Å². The SMILES string of the molecule is COc1ccc2c(c1)CC(C(=O)NCC(N)C1CC1)CO2.Cl. The second kappa shape index (κ2) is 7.20. The monoisotopic (exact) mass is 326 g/mol. The summed E-state index contributed by atoms with van der Waals surface area (Å²) in [6.45, 7) is 0.981. The zero-order chi connectivity index (χ0) is 14.8. The molecule has 122 valence electrons. The number of ether oxygens (including phenoxy) is 2. The van der Waals surface area contributed by atoms with E-state index < -0.39 is 0 Å². The van der Waals surface area contributed by atoms with Crippen LogP contribution in [0, 0.1) is 11.8 Å². The predicted molar refractivity (Wildman–Crippen MR) is 86.6 cm³/mol. The van der Waals surface area contributed by atoms with Crippen LogP contribution >= 0.6 is 12.4 Å². The number of carbonyl (C=O) groups excluding carboxylic acids is 1. The van der Waals surface area contributed by atoms with Crippen LogP contribution in [-0.4, -0.2) is 32.2 Å². The van der Waals surface area contributed by atoms with Crippen molar-refractivity contribution < 1.29 is 14.3 Å². The first-order valence-corrected chi connectivity index (χ1v) is 7.50. The van der Waals surface area contributed by atoms with Crippen molar-refractivity contribution in [2.45, 2.75) is 25.3 Å². The van der Waals surface area contributed by atoms with Gasteiger partial charge in [-0.15, -0.1) is 12.4 Å². The maximum absolute atomic E-state index is 12.2. The van der Waals surface area contributed by atoms with E-state index in [2.05, 4.69) is 5.32 Å². The molecule has 2 unspecified atom stereocenters. The number of benzene rings is 1. The van der Waals surface area contributed by atoms with Gasteiger partial charge in [0.15, 0.2) is 0 Å². The van der Waals surface area contributed by atoms with Crippen molar-refractivity contribution in [3.63, 3.8) is 0 Å². The molecule has 5 nitrogen and oxygen atoms in total. The number of nitrogens with one attached hydrogen (secondary N) is 1. The highest BCUT2D eigenvalue weighted by molar-refractivity contribution is 5.85. The zero-order valence-electron chi connectivity index (χ0n) is 12.7. The number of rotatable bonds is 5. The van der Waals surface area contributed by atoms with Gasteiger partial charge in [0.25, 0.3) is 0 Å². The topological polar surface area (TPSA) is 73.6 Å². The standard InChI is InChI=1S/C16H22N2O3.ClH/c1-20-13-4-5-15-11(7-13)6-12(9-21-15)16(19)18-8-14(17)10-2-3-10;/h4-5,7,10,12,14H,2-3,6,8-9,17H2,1H3,(H,18,19);1H. The van der Waals surface area contributed by atoms with Gasteiger partial charge in [-0.1, -0.05) is 0 Å². The molecule has 0 aromatic heterocycles. The molecule has 0 spiro atoms. The van der Waals surface area contributed by atoms with Gasteiger partial charge >= 0.3 is 0 Å². The van der Waals surface area contributed by atoms with Gasteiger partial charge in [0.2, 0.25) is 5.91 Å². The largest absolute Gasteiger partial charge is 0.497 e. The Morgan fingerprint density at radius 2 is 2.27 bits per heavy atom. The highest BCUT2D eigenvalue weighted by atomic mass is 35.5. The second-order valence-corrected chi connectivity index (χ2v) is 5.93. The fourth-order valence-electron chi connectivity index (χ4n) is 2.72. The van der Waals surface area contributed by atoms with Crippen LogP contribution in [-0.2, 0) is 11.2 Å². The lowest BCUT2D eigenvalue weighted by Gasteiger charge is -2.25. The van der Waals surface area contributed by atoms with Gasteiger partial charge < -0.3 is 20.5 Å². The number of methoxy groups -OCH3 is 1. The average molecular weight is 327 g/mol. The van der Waals surface area contributed by atoms with Crippen LogP contribution in [0.25, 0.3) is 0 Å². The van der Waals surface area contributed by atoms with Crippen molar-refractivity contribution in [3.05, 3.63) is 23.8 Å². The van der Waals surface area contributed by atoms with Crippen molar-refractivity contribution >= 4 is 18.3 Å². The molecular formula is C16H23ClN2O3. The molecule has 1 fully saturated rings. The van der Waals surface area contributed by atoms with E-state index in [4.69, 9.17) is 15.2 Å². The lowest BCUT2D eigenvalue weighted by molar-refractivity contribution is -0.126. The van der Waals surface area contributed by atoms with Gasteiger partial charge in [-0.25, -0.2) is 0 Å². The van der Waals surface area contributed by atoms with Crippen LogP contribution in [0.2, 0.25) is 0 Å². The molecule has 1 heterocycles. The Labute approximate surface area is 137 Å². The fourth-order valence-corrected chi connectivity index (χ4v) is 2.72. The Morgan fingerprint density at radius 3 is 2.95 bits per heavy atom. The van der Waals surface area contributed by atoms with E-state index in [1.165, 1.54) is 12.8 Å². The number of hydrogen-bond acceptors (Lipinski definition) is 4. The first kappa shape index (κ1) is 16.9. The fraction of sp³-hybridized carbons (Fsp3) is 0.562. The number of fused-ring (bicyclic) bond motifs is 1. The van der Waals surface area contributed by atoms with E-state index in [9.17, 15) is 4.79 Å². The molecule has 1 aromatic carbocycles. The molecular weight excluding hydrogens is 304 g/mol. The first-order valence-electron chi connectivity index (χ1n) is 7.50. The third kappa shape index (κ3) is 3.84. The molecule has 0 saturated heterocycles. The lowest BCUT2D eigenvalue weighted by Crippen LogP contribution is -2.43. The van der Waals surface area contributed by atoms with Crippen LogP contribution in [0.1, 0.15) is 18.4 Å². The highest BCUT2D eigenvalue weighted by Crippen LogP contribution is 2.32. The van der Waals surface area contributed by atoms with Gasteiger partial charge in [-0.05, 0) is 48.9 Å². The van der Waals surface area contributed by atoms with Gasteiger partial charge in [0.1, 0.15) is 18.1 Å². The molecule has 2 aliphatic rings. The minimum Gasteiger partial charge on any atom is -0.497 e. The predicted octanol–water partition coefficient (Wildman–Crippen LogP) is 1.52. The molecule has 1 aliphatic carbocycles. The molecule has 0 radical (unpaired) electrons. The smallest absolute Gasteiger partial charge is 0.226 e. The quantitative estimate of drug-likeness (QED) is 0.860. The summed E-state index contributed by atoms with van der Waals surface area (Å²) in [5.41, 5.74) is 7.03. The van der Waals surface area contributed by atoms with E-state index in [0.717, 1.165) is 17.1 Å². The van der Waals surface area contributed by atoms with Gasteiger partial charge in [-0.3, -0.25) is 4.79 Å². The van der Waals surface area contributed by atoms with E-state index in [1.54, 1.807) is 7.11 Å². The Balaban J connectivity index is 0.00000176. The van der Waals surface area contributed by atoms with Crippen molar-refractivity contribution in [1.29, 1.82) is 0 Å². The summed E-state index contributed by atoms with van der Waals surface area (Å²) in [7, 11) is 1.63. The van der Waals surface area contributed by atoms with Gasteiger partial charge in [0, 0.05) is 12.6 Å². The summed E-state index contributed by atoms with van der Waals surface area (Å²) in [6.07, 6.45) is 3.06. The van der Waals surface area contributed by atoms with E-state index in [-0.39, 0.29) is 30.3 Å². The molecule has 1 saturated carbocycles. The summed E-state index contributed by atoms with van der Waals surface area (Å²) in [5.74, 6) is 2.09. The Kier molecular flexibility index (Phi) is 5.53. The molecule has 3 rings (SSSR count). The second-order valence-electron chi connectivity index (χ2n) is 5.93. The van der Waals surface area contributed by atoms with Crippen molar-refractivity contribution in [1.82, 2.24) is 5.32 Å². The molecule has 0 bridgehead atoms. The zero-order valence-corrected chi connectivity index (χ0v) is 13.5. The third-order valence-corrected chi connectivity index (χ3v) is 4.28. The lowest BCUT2D eigenvalue weighted by atomic mass is 9.95. The summed E-state index contributed by atoms with van der Waals surface area (Å²) >= 11 is 0. The summed E-state index contributed by atoms with van der Waals surface area (Å²) < 4.78 is 10.9. The molecule has 1 amide bonds. The maximum Gasteiger partial charge on any atom is 0.226 e. The normalized spacial score (nSPS) is 20.9. The number of nitrogens with two attached hydrogens (primary N) is 1. The Hall–Kier alpha value is -1.46. The summed E-state index contributed by atoms with van der Waals surface area (Å²) in [6, 6.07) is 5.79. The Bertz CT molecular complexity index is 534. The van der Waals surface area contributed by atoms with Crippen LogP contribution in [0.15, 0.2) is 18.2 Å². The maximum atomic E-state index is 12.2. The summed E-state index contributed by atoms with van der Waals surface area (Å²) in [4.78, 5) is 12.2. The highest BCUT2D eigenvalue weighted by Gasteiger charge is 2.30. The molecule has 22 heavy (non-hydrogen) atoms. The van der Waals surface area contributed by atoms with E-state index in [0.29, 0.717) is 25.5 Å². The Morgan fingerprint density at radius 1 is 1.50 bits per heavy atom. The molecule has 1 aliphatic heterocycles. The van der Waals surface area contributed by atoms with Crippen molar-refractivity contribution in [2.75, 3.05) is 20.3 Å². The van der Waals surface area contributed by atoms with E-state index >= 15 is 0 Å². The number of hydrogen-bond donors (Lipinski definition) is 2. The molecule has 2 atom stereocenters. The number of amides is 1. The van der Waals surface area contributed by atoms with E-state index in [1.807, 2.05) is 18.2 Å². The van der Waals surface area contributed by atoms with Gasteiger partial charge in [0.05, 0.1) is 13.0 Å². The molecule has 3 N–H and O–H groups in total. The number of halogens is 1. The average Bonchev–Trinajstić information content (AvgIpc) is 3.36.